The molecule has 2 aromatic rings. The van der Waals surface area contributed by atoms with Gasteiger partial charge in [0.25, 0.3) is 0 Å². The second kappa shape index (κ2) is 9.56. The van der Waals surface area contributed by atoms with Crippen molar-refractivity contribution < 1.29 is 22.6 Å². The molecule has 0 saturated heterocycles. The van der Waals surface area contributed by atoms with Crippen LogP contribution in [0.5, 0.6) is 17.2 Å². The van der Waals surface area contributed by atoms with Gasteiger partial charge in [-0.05, 0) is 61.9 Å². The number of methoxy groups -OCH3 is 1. The van der Waals surface area contributed by atoms with Crippen LogP contribution < -0.4 is 9.47 Å². The van der Waals surface area contributed by atoms with Gasteiger partial charge in [0.15, 0.2) is 0 Å². The molecule has 0 atom stereocenters. The first-order chi connectivity index (χ1) is 12.5. The lowest BCUT2D eigenvalue weighted by Crippen LogP contribution is -2.28. The van der Waals surface area contributed by atoms with E-state index in [1.54, 1.807) is 50.6 Å². The molecule has 2 rings (SSSR count). The number of hydrogen-bond donors (Lipinski definition) is 0. The predicted octanol–water partition coefficient (Wildman–Crippen LogP) is 3.53. The van der Waals surface area contributed by atoms with E-state index in [1.165, 1.54) is 4.31 Å². The van der Waals surface area contributed by atoms with Crippen molar-refractivity contribution >= 4 is 10.0 Å². The van der Waals surface area contributed by atoms with Gasteiger partial charge >= 0.3 is 0 Å². The van der Waals surface area contributed by atoms with E-state index in [-0.39, 0.29) is 4.90 Å². The van der Waals surface area contributed by atoms with Gasteiger partial charge in [-0.1, -0.05) is 0 Å². The maximum Gasteiger partial charge on any atom is 0.242 e. The lowest BCUT2D eigenvalue weighted by molar-refractivity contribution is 0.189. The summed E-state index contributed by atoms with van der Waals surface area (Å²) in [7, 11) is -0.356. The lowest BCUT2D eigenvalue weighted by Gasteiger charge is -2.17. The van der Waals surface area contributed by atoms with Crippen LogP contribution in [0, 0.1) is 0 Å². The highest BCUT2D eigenvalue weighted by atomic mass is 32.2. The van der Waals surface area contributed by atoms with Gasteiger partial charge in [-0.2, -0.15) is 0 Å². The Hall–Kier alpha value is -2.09. The summed E-state index contributed by atoms with van der Waals surface area (Å²) in [5.41, 5.74) is 0. The third-order valence-corrected chi connectivity index (χ3v) is 5.59. The van der Waals surface area contributed by atoms with Gasteiger partial charge in [-0.3, -0.25) is 0 Å². The molecule has 0 heterocycles. The molecule has 0 aromatic heterocycles. The molecule has 26 heavy (non-hydrogen) atoms. The number of nitrogens with zero attached hydrogens (tertiary/aromatic N) is 1. The molecule has 0 fully saturated rings. The van der Waals surface area contributed by atoms with Crippen LogP contribution in [0.25, 0.3) is 0 Å². The monoisotopic (exact) mass is 379 g/mol. The predicted molar refractivity (Wildman–Crippen MR) is 100 cm³/mol. The summed E-state index contributed by atoms with van der Waals surface area (Å²) in [6.07, 6.45) is 0.644. The smallest absolute Gasteiger partial charge is 0.242 e. The Morgan fingerprint density at radius 1 is 0.923 bits per heavy atom. The molecule has 0 spiro atoms. The fraction of sp³-hybridized carbons (Fsp3) is 0.368. The van der Waals surface area contributed by atoms with E-state index in [4.69, 9.17) is 14.2 Å². The number of rotatable bonds is 10. The topological polar surface area (TPSA) is 65.1 Å². The molecule has 0 bridgehead atoms. The summed E-state index contributed by atoms with van der Waals surface area (Å²) < 4.78 is 42.5. The van der Waals surface area contributed by atoms with E-state index in [9.17, 15) is 8.42 Å². The fourth-order valence-electron chi connectivity index (χ4n) is 2.32. The van der Waals surface area contributed by atoms with Gasteiger partial charge in [0, 0.05) is 27.3 Å². The van der Waals surface area contributed by atoms with Crippen LogP contribution in [0.15, 0.2) is 53.4 Å². The minimum Gasteiger partial charge on any atom is -0.494 e. The zero-order chi connectivity index (χ0) is 19.0. The molecule has 0 N–H and O–H groups in total. The Morgan fingerprint density at radius 3 is 2.00 bits per heavy atom. The van der Waals surface area contributed by atoms with Crippen molar-refractivity contribution in [2.75, 3.05) is 33.9 Å². The van der Waals surface area contributed by atoms with Crippen LogP contribution in [0.2, 0.25) is 0 Å². The summed E-state index contributed by atoms with van der Waals surface area (Å²) in [6.45, 7) is 3.46. The molecule has 0 aliphatic rings. The van der Waals surface area contributed by atoms with E-state index in [0.717, 1.165) is 5.75 Å². The van der Waals surface area contributed by atoms with Crippen molar-refractivity contribution in [1.82, 2.24) is 4.31 Å². The van der Waals surface area contributed by atoms with Crippen LogP contribution in [-0.2, 0) is 14.8 Å². The van der Waals surface area contributed by atoms with Crippen LogP contribution in [0.3, 0.4) is 0 Å². The molecule has 142 valence electrons. The molecular formula is C19H25NO5S. The average Bonchev–Trinajstić information content (AvgIpc) is 2.64. The second-order valence-electron chi connectivity index (χ2n) is 5.65. The number of benzene rings is 2. The standard InChI is InChI=1S/C19H25NO5S/c1-4-24-16-6-8-17(9-7-16)25-18-10-12-19(13-11-18)26(21,22)20(2)14-5-15-23-3/h6-13H,4-5,14-15H2,1-3H3. The lowest BCUT2D eigenvalue weighted by atomic mass is 10.3. The minimum atomic E-state index is -3.52. The molecule has 0 radical (unpaired) electrons. The zero-order valence-corrected chi connectivity index (χ0v) is 16.2. The summed E-state index contributed by atoms with van der Waals surface area (Å²) in [6, 6.07) is 13.6. The van der Waals surface area contributed by atoms with E-state index in [2.05, 4.69) is 0 Å². The van der Waals surface area contributed by atoms with Gasteiger partial charge in [0.1, 0.15) is 17.2 Å². The van der Waals surface area contributed by atoms with Gasteiger partial charge in [-0.15, -0.1) is 0 Å². The second-order valence-corrected chi connectivity index (χ2v) is 7.70. The first-order valence-corrected chi connectivity index (χ1v) is 9.87. The normalized spacial score (nSPS) is 11.5. The highest BCUT2D eigenvalue weighted by Gasteiger charge is 2.20. The summed E-state index contributed by atoms with van der Waals surface area (Å²) >= 11 is 0. The first kappa shape index (κ1) is 20.2. The highest BCUT2D eigenvalue weighted by Crippen LogP contribution is 2.25. The van der Waals surface area contributed by atoms with Gasteiger partial charge in [0.2, 0.25) is 10.0 Å². The Kier molecular flexibility index (Phi) is 7.44. The average molecular weight is 379 g/mol. The Morgan fingerprint density at radius 2 is 1.46 bits per heavy atom. The van der Waals surface area contributed by atoms with Crippen molar-refractivity contribution in [2.24, 2.45) is 0 Å². The molecule has 0 amide bonds. The van der Waals surface area contributed by atoms with Crippen molar-refractivity contribution in [3.8, 4) is 17.2 Å². The van der Waals surface area contributed by atoms with Crippen LogP contribution in [0.1, 0.15) is 13.3 Å². The van der Waals surface area contributed by atoms with Crippen LogP contribution >= 0.6 is 0 Å². The van der Waals surface area contributed by atoms with E-state index < -0.39 is 10.0 Å². The van der Waals surface area contributed by atoms with E-state index >= 15 is 0 Å². The Bertz CT molecular complexity index is 773. The summed E-state index contributed by atoms with van der Waals surface area (Å²) in [5.74, 6) is 1.99. The molecule has 0 saturated carbocycles. The molecule has 2 aromatic carbocycles. The quantitative estimate of drug-likeness (QED) is 0.591. The van der Waals surface area contributed by atoms with Crippen molar-refractivity contribution in [3.05, 3.63) is 48.5 Å². The Balaban J connectivity index is 2.02. The van der Waals surface area contributed by atoms with Crippen LogP contribution in [-0.4, -0.2) is 46.6 Å². The van der Waals surface area contributed by atoms with Crippen molar-refractivity contribution in [1.29, 1.82) is 0 Å². The summed E-state index contributed by atoms with van der Waals surface area (Å²) in [4.78, 5) is 0.233. The summed E-state index contributed by atoms with van der Waals surface area (Å²) in [5, 5.41) is 0. The Labute approximate surface area is 155 Å². The molecular weight excluding hydrogens is 354 g/mol. The first-order valence-electron chi connectivity index (χ1n) is 8.43. The highest BCUT2D eigenvalue weighted by molar-refractivity contribution is 7.89. The van der Waals surface area contributed by atoms with Gasteiger partial charge in [0.05, 0.1) is 11.5 Å². The zero-order valence-electron chi connectivity index (χ0n) is 15.3. The molecule has 0 aliphatic heterocycles. The molecule has 6 nitrogen and oxygen atoms in total. The maximum atomic E-state index is 12.5. The van der Waals surface area contributed by atoms with E-state index in [0.29, 0.717) is 37.7 Å². The number of hydrogen-bond acceptors (Lipinski definition) is 5. The molecule has 7 heteroatoms. The minimum absolute atomic E-state index is 0.233. The SMILES string of the molecule is CCOc1ccc(Oc2ccc(S(=O)(=O)N(C)CCCOC)cc2)cc1. The molecule has 0 aliphatic carbocycles. The third kappa shape index (κ3) is 5.45. The van der Waals surface area contributed by atoms with Gasteiger partial charge in [-0.25, -0.2) is 12.7 Å². The molecule has 0 unspecified atom stereocenters. The number of ether oxygens (including phenoxy) is 3. The van der Waals surface area contributed by atoms with E-state index in [1.807, 2.05) is 19.1 Å². The fourth-order valence-corrected chi connectivity index (χ4v) is 3.53. The van der Waals surface area contributed by atoms with Crippen molar-refractivity contribution in [3.63, 3.8) is 0 Å². The van der Waals surface area contributed by atoms with Crippen LogP contribution in [0.4, 0.5) is 0 Å². The number of sulfonamides is 1. The van der Waals surface area contributed by atoms with Crippen molar-refractivity contribution in [2.45, 2.75) is 18.2 Å². The largest absolute Gasteiger partial charge is 0.494 e. The van der Waals surface area contributed by atoms with Gasteiger partial charge < -0.3 is 14.2 Å². The third-order valence-electron chi connectivity index (χ3n) is 3.72. The maximum absolute atomic E-state index is 12.5.